The van der Waals surface area contributed by atoms with Crippen molar-refractivity contribution in [3.8, 4) is 0 Å². The standard InChI is InChI=1S/C10H18O5/c1-3-7(2)15-6-8(4-9(11)12)5-10(13)14/h7-8H,3-6H2,1-2H3,(H,11,12)(H,13,14)/p-2. The number of rotatable bonds is 8. The average molecular weight is 216 g/mol. The van der Waals surface area contributed by atoms with Crippen LogP contribution in [0.25, 0.3) is 0 Å². The van der Waals surface area contributed by atoms with Crippen molar-refractivity contribution in [1.82, 2.24) is 0 Å². The van der Waals surface area contributed by atoms with Crippen molar-refractivity contribution in [3.63, 3.8) is 0 Å². The fourth-order valence-corrected chi connectivity index (χ4v) is 1.08. The van der Waals surface area contributed by atoms with E-state index in [0.717, 1.165) is 6.42 Å². The van der Waals surface area contributed by atoms with Gasteiger partial charge in [0.2, 0.25) is 0 Å². The Morgan fingerprint density at radius 2 is 1.67 bits per heavy atom. The summed E-state index contributed by atoms with van der Waals surface area (Å²) < 4.78 is 5.27. The number of hydrogen-bond donors (Lipinski definition) is 0. The van der Waals surface area contributed by atoms with E-state index in [0.29, 0.717) is 0 Å². The molecule has 0 fully saturated rings. The molecule has 88 valence electrons. The number of carboxylic acids is 2. The van der Waals surface area contributed by atoms with E-state index in [1.165, 1.54) is 0 Å². The molecule has 0 spiro atoms. The van der Waals surface area contributed by atoms with Gasteiger partial charge in [0.25, 0.3) is 0 Å². The first-order chi connectivity index (χ1) is 6.95. The Kier molecular flexibility index (Phi) is 6.70. The van der Waals surface area contributed by atoms with Crippen molar-refractivity contribution >= 4 is 11.9 Å². The molecular weight excluding hydrogens is 200 g/mol. The second-order valence-electron chi connectivity index (χ2n) is 3.57. The summed E-state index contributed by atoms with van der Waals surface area (Å²) in [5.41, 5.74) is 0. The number of aliphatic carboxylic acids is 2. The first-order valence-electron chi connectivity index (χ1n) is 4.97. The van der Waals surface area contributed by atoms with Gasteiger partial charge < -0.3 is 24.5 Å². The molecule has 0 N–H and O–H groups in total. The molecule has 0 aromatic heterocycles. The molecule has 0 amide bonds. The molecule has 0 rings (SSSR count). The number of carbonyl (C=O) groups is 2. The predicted molar refractivity (Wildman–Crippen MR) is 48.4 cm³/mol. The van der Waals surface area contributed by atoms with Crippen LogP contribution < -0.4 is 10.2 Å². The summed E-state index contributed by atoms with van der Waals surface area (Å²) in [6.45, 7) is 3.88. The topological polar surface area (TPSA) is 89.5 Å². The average Bonchev–Trinajstić information content (AvgIpc) is 2.11. The molecule has 0 radical (unpaired) electrons. The van der Waals surface area contributed by atoms with Gasteiger partial charge in [0.1, 0.15) is 0 Å². The molecule has 0 aliphatic rings. The first kappa shape index (κ1) is 13.9. The molecule has 0 heterocycles. The van der Waals surface area contributed by atoms with Crippen LogP contribution in [0, 0.1) is 5.92 Å². The maximum atomic E-state index is 10.3. The summed E-state index contributed by atoms with van der Waals surface area (Å²) in [7, 11) is 0. The van der Waals surface area contributed by atoms with Crippen LogP contribution in [-0.2, 0) is 14.3 Å². The highest BCUT2D eigenvalue weighted by molar-refractivity contribution is 5.68. The Hall–Kier alpha value is -1.10. The Morgan fingerprint density at radius 3 is 2.00 bits per heavy atom. The molecule has 0 saturated heterocycles. The molecule has 15 heavy (non-hydrogen) atoms. The van der Waals surface area contributed by atoms with E-state index in [9.17, 15) is 19.8 Å². The normalized spacial score (nSPS) is 12.7. The zero-order valence-corrected chi connectivity index (χ0v) is 9.02. The van der Waals surface area contributed by atoms with Crippen molar-refractivity contribution in [1.29, 1.82) is 0 Å². The lowest BCUT2D eigenvalue weighted by Gasteiger charge is -2.20. The minimum Gasteiger partial charge on any atom is -0.550 e. The molecule has 5 nitrogen and oxygen atoms in total. The van der Waals surface area contributed by atoms with Gasteiger partial charge >= 0.3 is 0 Å². The summed E-state index contributed by atoms with van der Waals surface area (Å²) in [6.07, 6.45) is 0.161. The van der Waals surface area contributed by atoms with E-state index in [4.69, 9.17) is 4.74 Å². The van der Waals surface area contributed by atoms with Crippen LogP contribution in [0.15, 0.2) is 0 Å². The maximum absolute atomic E-state index is 10.3. The van der Waals surface area contributed by atoms with Gasteiger partial charge in [0.05, 0.1) is 12.7 Å². The van der Waals surface area contributed by atoms with E-state index < -0.39 is 17.9 Å². The van der Waals surface area contributed by atoms with Crippen molar-refractivity contribution < 1.29 is 24.5 Å². The van der Waals surface area contributed by atoms with Crippen LogP contribution in [0.2, 0.25) is 0 Å². The van der Waals surface area contributed by atoms with E-state index in [1.54, 1.807) is 0 Å². The Labute approximate surface area is 89.0 Å². The first-order valence-corrected chi connectivity index (χ1v) is 4.97. The Balaban J connectivity index is 4.00. The second-order valence-corrected chi connectivity index (χ2v) is 3.57. The minimum atomic E-state index is -1.27. The SMILES string of the molecule is CCC(C)OCC(CC(=O)[O-])CC(=O)[O-]. The molecule has 0 aliphatic carbocycles. The van der Waals surface area contributed by atoms with Gasteiger partial charge in [-0.15, -0.1) is 0 Å². The fraction of sp³-hybridized carbons (Fsp3) is 0.800. The molecule has 1 unspecified atom stereocenters. The molecule has 0 aromatic carbocycles. The van der Waals surface area contributed by atoms with Crippen molar-refractivity contribution in [3.05, 3.63) is 0 Å². The number of carbonyl (C=O) groups excluding carboxylic acids is 2. The van der Waals surface area contributed by atoms with Gasteiger partial charge in [-0.05, 0) is 32.1 Å². The van der Waals surface area contributed by atoms with Crippen LogP contribution in [0.3, 0.4) is 0 Å². The zero-order valence-electron chi connectivity index (χ0n) is 9.02. The van der Waals surface area contributed by atoms with Gasteiger partial charge in [-0.25, -0.2) is 0 Å². The maximum Gasteiger partial charge on any atom is 0.0544 e. The third kappa shape index (κ3) is 7.93. The summed E-state index contributed by atoms with van der Waals surface area (Å²) in [5.74, 6) is -3.11. The molecule has 5 heteroatoms. The number of hydrogen-bond acceptors (Lipinski definition) is 5. The van der Waals surface area contributed by atoms with Gasteiger partial charge in [-0.1, -0.05) is 6.92 Å². The fourth-order valence-electron chi connectivity index (χ4n) is 1.08. The molecule has 0 saturated carbocycles. The number of carboxylic acid groups (broad SMARTS) is 2. The van der Waals surface area contributed by atoms with Gasteiger partial charge in [0, 0.05) is 11.9 Å². The highest BCUT2D eigenvalue weighted by Gasteiger charge is 2.11. The lowest BCUT2D eigenvalue weighted by molar-refractivity contribution is -0.310. The Morgan fingerprint density at radius 1 is 1.20 bits per heavy atom. The van der Waals surface area contributed by atoms with Crippen LogP contribution in [0.1, 0.15) is 33.1 Å². The summed E-state index contributed by atoms with van der Waals surface area (Å²) in [5, 5.41) is 20.7. The van der Waals surface area contributed by atoms with E-state index in [-0.39, 0.29) is 25.6 Å². The highest BCUT2D eigenvalue weighted by Crippen LogP contribution is 2.10. The van der Waals surface area contributed by atoms with E-state index >= 15 is 0 Å². The lowest BCUT2D eigenvalue weighted by Crippen LogP contribution is -2.32. The van der Waals surface area contributed by atoms with Crippen LogP contribution >= 0.6 is 0 Å². The van der Waals surface area contributed by atoms with Crippen molar-refractivity contribution in [2.75, 3.05) is 6.61 Å². The van der Waals surface area contributed by atoms with Crippen molar-refractivity contribution in [2.45, 2.75) is 39.2 Å². The quantitative estimate of drug-likeness (QED) is 0.503. The van der Waals surface area contributed by atoms with E-state index in [1.807, 2.05) is 13.8 Å². The molecule has 0 aliphatic heterocycles. The molecular formula is C10H16O5-2. The smallest absolute Gasteiger partial charge is 0.0544 e. The zero-order chi connectivity index (χ0) is 11.8. The Bertz CT molecular complexity index is 198. The lowest BCUT2D eigenvalue weighted by atomic mass is 10.0. The predicted octanol–water partition coefficient (Wildman–Crippen LogP) is -1.30. The minimum absolute atomic E-state index is 0.00370. The third-order valence-electron chi connectivity index (χ3n) is 2.10. The second kappa shape index (κ2) is 7.23. The summed E-state index contributed by atoms with van der Waals surface area (Å²) >= 11 is 0. The number of ether oxygens (including phenoxy) is 1. The van der Waals surface area contributed by atoms with Gasteiger partial charge in [0.15, 0.2) is 0 Å². The van der Waals surface area contributed by atoms with Crippen LogP contribution in [0.4, 0.5) is 0 Å². The molecule has 0 aromatic rings. The summed E-state index contributed by atoms with van der Waals surface area (Å²) in [4.78, 5) is 20.7. The van der Waals surface area contributed by atoms with Gasteiger partial charge in [-0.3, -0.25) is 0 Å². The largest absolute Gasteiger partial charge is 0.550 e. The molecule has 1 atom stereocenters. The summed E-state index contributed by atoms with van der Waals surface area (Å²) in [6, 6.07) is 0. The van der Waals surface area contributed by atoms with Crippen molar-refractivity contribution in [2.24, 2.45) is 5.92 Å². The van der Waals surface area contributed by atoms with Crippen LogP contribution in [-0.4, -0.2) is 24.6 Å². The van der Waals surface area contributed by atoms with E-state index in [2.05, 4.69) is 0 Å². The monoisotopic (exact) mass is 216 g/mol. The third-order valence-corrected chi connectivity index (χ3v) is 2.10. The van der Waals surface area contributed by atoms with Crippen LogP contribution in [0.5, 0.6) is 0 Å². The highest BCUT2D eigenvalue weighted by atomic mass is 16.5. The van der Waals surface area contributed by atoms with Gasteiger partial charge in [-0.2, -0.15) is 0 Å². The molecule has 0 bridgehead atoms.